The number of aliphatic hydroxyl groups excluding tert-OH is 1. The van der Waals surface area contributed by atoms with Gasteiger partial charge in [0.1, 0.15) is 31.9 Å². The fraction of sp³-hybridized carbons (Fsp3) is 0.667. The maximum absolute atomic E-state index is 12.8. The minimum absolute atomic E-state index is 0.294. The molecule has 9 heteroatoms. The Morgan fingerprint density at radius 2 is 1.63 bits per heavy atom. The Labute approximate surface area is 161 Å². The second-order valence-electron chi connectivity index (χ2n) is 7.25. The van der Waals surface area contributed by atoms with E-state index in [1.54, 1.807) is 31.4 Å². The molecule has 0 radical (unpaired) electrons. The van der Waals surface area contributed by atoms with E-state index in [1.165, 1.54) is 14.1 Å². The first-order valence-corrected chi connectivity index (χ1v) is 11.0. The van der Waals surface area contributed by atoms with E-state index in [9.17, 15) is 13.5 Å². The van der Waals surface area contributed by atoms with Crippen LogP contribution in [0, 0.1) is 0 Å². The average Bonchev–Trinajstić information content (AvgIpc) is 2.69. The van der Waals surface area contributed by atoms with E-state index < -0.39 is 10.0 Å². The van der Waals surface area contributed by atoms with Crippen LogP contribution in [0.2, 0.25) is 0 Å². The number of hydrogen-bond donors (Lipinski definition) is 3. The Morgan fingerprint density at radius 3 is 2.19 bits per heavy atom. The van der Waals surface area contributed by atoms with Crippen molar-refractivity contribution in [3.05, 3.63) is 24.3 Å². The Kier molecular flexibility index (Phi) is 7.07. The number of nitrogens with one attached hydrogen (secondary N) is 2. The zero-order chi connectivity index (χ0) is 19.3. The normalized spacial score (nSPS) is 21.9. The zero-order valence-electron chi connectivity index (χ0n) is 15.9. The van der Waals surface area contributed by atoms with Crippen molar-refractivity contribution in [2.45, 2.75) is 11.0 Å². The van der Waals surface area contributed by atoms with Gasteiger partial charge in [-0.25, -0.2) is 8.42 Å². The van der Waals surface area contributed by atoms with Gasteiger partial charge in [0, 0.05) is 0 Å². The van der Waals surface area contributed by atoms with Crippen LogP contribution in [0.15, 0.2) is 29.2 Å². The number of quaternary nitrogens is 2. The first kappa shape index (κ1) is 20.5. The fourth-order valence-corrected chi connectivity index (χ4v) is 5.19. The minimum Gasteiger partial charge on any atom is -0.497 e. The molecule has 0 unspecified atom stereocenters. The van der Waals surface area contributed by atoms with E-state index in [-0.39, 0.29) is 6.10 Å². The van der Waals surface area contributed by atoms with Crippen LogP contribution in [0.1, 0.15) is 0 Å². The lowest BCUT2D eigenvalue weighted by Crippen LogP contribution is -3.19. The van der Waals surface area contributed by atoms with Gasteiger partial charge in [0.05, 0.1) is 51.4 Å². The molecule has 0 bridgehead atoms. The number of benzene rings is 1. The molecule has 2 fully saturated rings. The minimum atomic E-state index is -3.48. The zero-order valence-corrected chi connectivity index (χ0v) is 16.7. The van der Waals surface area contributed by atoms with Gasteiger partial charge in [-0.3, -0.25) is 0 Å². The lowest BCUT2D eigenvalue weighted by Gasteiger charge is -2.33. The fourth-order valence-electron chi connectivity index (χ4n) is 3.75. The molecule has 2 aliphatic heterocycles. The molecule has 2 aliphatic rings. The maximum atomic E-state index is 12.8. The van der Waals surface area contributed by atoms with Crippen molar-refractivity contribution in [3.63, 3.8) is 0 Å². The largest absolute Gasteiger partial charge is 0.497 e. The van der Waals surface area contributed by atoms with Crippen molar-refractivity contribution in [3.8, 4) is 5.75 Å². The molecule has 0 saturated carbocycles. The molecule has 2 saturated heterocycles. The van der Waals surface area contributed by atoms with Crippen molar-refractivity contribution >= 4 is 10.0 Å². The van der Waals surface area contributed by atoms with Crippen LogP contribution < -0.4 is 14.5 Å². The number of piperazine rings is 1. The highest BCUT2D eigenvalue weighted by molar-refractivity contribution is 7.89. The van der Waals surface area contributed by atoms with Crippen LogP contribution in [0.25, 0.3) is 0 Å². The number of methoxy groups -OCH3 is 1. The standard InChI is InChI=1S/C18H29N3O5S/c1-25-17-2-4-18(5-3-17)27(23,24)21-8-6-19(7-9-21)14-16(22)15-20-10-12-26-13-11-20/h2-5,16,22H,6-15H2,1H3/p+2/t16-/m0/s1. The Hall–Kier alpha value is -1.23. The first-order chi connectivity index (χ1) is 13.0. The molecule has 1 atom stereocenters. The quantitative estimate of drug-likeness (QED) is 0.450. The third kappa shape index (κ3) is 5.40. The maximum Gasteiger partial charge on any atom is 0.243 e. The average molecular weight is 402 g/mol. The van der Waals surface area contributed by atoms with Gasteiger partial charge in [0.15, 0.2) is 6.10 Å². The smallest absolute Gasteiger partial charge is 0.243 e. The molecule has 3 rings (SSSR count). The lowest BCUT2D eigenvalue weighted by atomic mass is 10.2. The van der Waals surface area contributed by atoms with Crippen molar-refractivity contribution in [2.75, 3.05) is 72.7 Å². The molecular formula is C18H31N3O5S+2. The lowest BCUT2D eigenvalue weighted by molar-refractivity contribution is -0.930. The summed E-state index contributed by atoms with van der Waals surface area (Å²) in [7, 11) is -1.92. The monoisotopic (exact) mass is 401 g/mol. The van der Waals surface area contributed by atoms with E-state index >= 15 is 0 Å². The highest BCUT2D eigenvalue weighted by atomic mass is 32.2. The summed E-state index contributed by atoms with van der Waals surface area (Å²) in [5.74, 6) is 0.639. The molecular weight excluding hydrogens is 370 g/mol. The van der Waals surface area contributed by atoms with E-state index in [4.69, 9.17) is 9.47 Å². The van der Waals surface area contributed by atoms with Crippen molar-refractivity contribution in [1.29, 1.82) is 0 Å². The van der Waals surface area contributed by atoms with E-state index in [1.807, 2.05) is 0 Å². The second kappa shape index (κ2) is 9.31. The molecule has 0 amide bonds. The third-order valence-corrected chi connectivity index (χ3v) is 7.29. The summed E-state index contributed by atoms with van der Waals surface area (Å²) in [4.78, 5) is 2.94. The van der Waals surface area contributed by atoms with Crippen molar-refractivity contribution in [1.82, 2.24) is 4.31 Å². The van der Waals surface area contributed by atoms with Crippen LogP contribution in [0.3, 0.4) is 0 Å². The summed E-state index contributed by atoms with van der Waals surface area (Å²) in [6.45, 7) is 7.19. The van der Waals surface area contributed by atoms with Crippen LogP contribution in [0.4, 0.5) is 0 Å². The van der Waals surface area contributed by atoms with Crippen LogP contribution in [-0.2, 0) is 14.8 Å². The Balaban J connectivity index is 1.48. The number of morpholine rings is 1. The summed E-state index contributed by atoms with van der Waals surface area (Å²) in [6.07, 6.45) is -0.363. The van der Waals surface area contributed by atoms with Gasteiger partial charge >= 0.3 is 0 Å². The number of hydrogen-bond acceptors (Lipinski definition) is 5. The topological polar surface area (TPSA) is 85.0 Å². The molecule has 1 aromatic carbocycles. The Morgan fingerprint density at radius 1 is 1.07 bits per heavy atom. The van der Waals surface area contributed by atoms with E-state index in [2.05, 4.69) is 0 Å². The van der Waals surface area contributed by atoms with Gasteiger partial charge in [-0.2, -0.15) is 4.31 Å². The summed E-state index contributed by atoms with van der Waals surface area (Å²) in [5, 5.41) is 10.4. The molecule has 0 aromatic heterocycles. The van der Waals surface area contributed by atoms with E-state index in [0.717, 1.165) is 32.8 Å². The molecule has 0 spiro atoms. The number of aliphatic hydroxyl groups is 1. The van der Waals surface area contributed by atoms with Gasteiger partial charge in [-0.15, -0.1) is 0 Å². The third-order valence-electron chi connectivity index (χ3n) is 5.38. The van der Waals surface area contributed by atoms with Crippen molar-refractivity contribution in [2.24, 2.45) is 0 Å². The molecule has 8 nitrogen and oxygen atoms in total. The van der Waals surface area contributed by atoms with Crippen molar-refractivity contribution < 1.29 is 32.8 Å². The predicted octanol–water partition coefficient (Wildman–Crippen LogP) is -3.14. The molecule has 3 N–H and O–H groups in total. The van der Waals surface area contributed by atoms with Crippen LogP contribution >= 0.6 is 0 Å². The van der Waals surface area contributed by atoms with Gasteiger partial charge in [0.25, 0.3) is 0 Å². The van der Waals surface area contributed by atoms with Crippen LogP contribution in [-0.4, -0.2) is 96.6 Å². The summed E-state index contributed by atoms with van der Waals surface area (Å²) in [5.41, 5.74) is 0. The molecule has 152 valence electrons. The molecule has 27 heavy (non-hydrogen) atoms. The molecule has 2 heterocycles. The highest BCUT2D eigenvalue weighted by Crippen LogP contribution is 2.19. The SMILES string of the molecule is COc1ccc(S(=O)(=O)N2CC[NH+](C[C@H](O)C[NH+]3CCOCC3)CC2)cc1. The van der Waals surface area contributed by atoms with Gasteiger partial charge in [-0.05, 0) is 24.3 Å². The van der Waals surface area contributed by atoms with Gasteiger partial charge in [-0.1, -0.05) is 0 Å². The molecule has 1 aromatic rings. The van der Waals surface area contributed by atoms with E-state index in [0.29, 0.717) is 43.4 Å². The van der Waals surface area contributed by atoms with Gasteiger partial charge in [0.2, 0.25) is 10.0 Å². The van der Waals surface area contributed by atoms with Crippen LogP contribution in [0.5, 0.6) is 5.75 Å². The number of ether oxygens (including phenoxy) is 2. The predicted molar refractivity (Wildman–Crippen MR) is 99.7 cm³/mol. The summed E-state index contributed by atoms with van der Waals surface area (Å²) in [6, 6.07) is 6.50. The number of nitrogens with zero attached hydrogens (tertiary/aromatic N) is 1. The Bertz CT molecular complexity index is 683. The number of rotatable bonds is 7. The summed E-state index contributed by atoms with van der Waals surface area (Å²) >= 11 is 0. The number of sulfonamides is 1. The second-order valence-corrected chi connectivity index (χ2v) is 9.19. The van der Waals surface area contributed by atoms with Gasteiger partial charge < -0.3 is 24.4 Å². The highest BCUT2D eigenvalue weighted by Gasteiger charge is 2.31. The summed E-state index contributed by atoms with van der Waals surface area (Å²) < 4.78 is 37.6. The first-order valence-electron chi connectivity index (χ1n) is 9.56. The molecule has 0 aliphatic carbocycles.